The molecule has 12 unspecified atom stereocenters. The zero-order valence-electron chi connectivity index (χ0n) is 36.5. The first kappa shape index (κ1) is 44.4. The molecule has 334 valence electrons. The van der Waals surface area contributed by atoms with Crippen molar-refractivity contribution in [3.63, 3.8) is 0 Å². The summed E-state index contributed by atoms with van der Waals surface area (Å²) in [6.07, 6.45) is -7.64. The van der Waals surface area contributed by atoms with E-state index in [4.69, 9.17) is 28.4 Å². The molecule has 14 nitrogen and oxygen atoms in total. The van der Waals surface area contributed by atoms with Crippen LogP contribution in [0.2, 0.25) is 0 Å². The summed E-state index contributed by atoms with van der Waals surface area (Å²) in [6.45, 7) is 9.21. The van der Waals surface area contributed by atoms with Crippen LogP contribution in [-0.2, 0) is 47.6 Å². The summed E-state index contributed by atoms with van der Waals surface area (Å²) in [5, 5.41) is 28.4. The van der Waals surface area contributed by atoms with E-state index in [0.29, 0.717) is 23.1 Å². The van der Waals surface area contributed by atoms with E-state index in [1.165, 1.54) is 21.0 Å². The molecule has 8 rings (SSSR count). The second-order valence-electron chi connectivity index (χ2n) is 18.6. The van der Waals surface area contributed by atoms with E-state index in [9.17, 15) is 29.4 Å². The molecule has 1 heterocycles. The van der Waals surface area contributed by atoms with Crippen LogP contribution >= 0.6 is 0 Å². The van der Waals surface area contributed by atoms with Gasteiger partial charge in [0.1, 0.15) is 30.1 Å². The van der Waals surface area contributed by atoms with Crippen molar-refractivity contribution in [3.05, 3.63) is 119 Å². The quantitative estimate of drug-likeness (QED) is 0.0923. The highest BCUT2D eigenvalue weighted by atomic mass is 16.6. The minimum atomic E-state index is -2.20. The van der Waals surface area contributed by atoms with Gasteiger partial charge in [0.25, 0.3) is 0 Å². The molecule has 5 aliphatic rings. The van der Waals surface area contributed by atoms with Gasteiger partial charge in [-0.05, 0) is 59.6 Å². The average molecular weight is 866 g/mol. The molecule has 3 aromatic rings. The zero-order valence-corrected chi connectivity index (χ0v) is 36.5. The van der Waals surface area contributed by atoms with Gasteiger partial charge in [0.15, 0.2) is 23.6 Å². The summed E-state index contributed by atoms with van der Waals surface area (Å²) in [6, 6.07) is 25.0. The summed E-state index contributed by atoms with van der Waals surface area (Å²) in [7, 11) is 1.33. The lowest BCUT2D eigenvalue weighted by atomic mass is 9.47. The number of hydrogen-bond donors (Lipinski definition) is 3. The van der Waals surface area contributed by atoms with Crippen molar-refractivity contribution in [2.45, 2.75) is 115 Å². The Morgan fingerprint density at radius 3 is 1.98 bits per heavy atom. The highest BCUT2D eigenvalue weighted by molar-refractivity contribution is 5.98. The van der Waals surface area contributed by atoms with Crippen LogP contribution in [0, 0.1) is 22.2 Å². The number of ketones is 1. The van der Waals surface area contributed by atoms with Crippen LogP contribution in [-0.4, -0.2) is 95.3 Å². The molecule has 3 aromatic carbocycles. The largest absolute Gasteiger partial charge is 0.456 e. The van der Waals surface area contributed by atoms with Crippen molar-refractivity contribution in [1.29, 1.82) is 0 Å². The van der Waals surface area contributed by atoms with Gasteiger partial charge in [-0.15, -0.1) is 0 Å². The number of methoxy groups -OCH3 is 1. The predicted octanol–water partition coefficient (Wildman–Crippen LogP) is 5.27. The molecule has 12 atom stereocenters. The van der Waals surface area contributed by atoms with Gasteiger partial charge in [0, 0.05) is 38.2 Å². The van der Waals surface area contributed by atoms with Crippen LogP contribution in [0.5, 0.6) is 0 Å². The van der Waals surface area contributed by atoms with Gasteiger partial charge < -0.3 is 38.6 Å². The number of fused-ring (bicyclic) bond motifs is 4. The number of carbonyl (C=O) groups is 5. The van der Waals surface area contributed by atoms with Gasteiger partial charge >= 0.3 is 23.9 Å². The summed E-state index contributed by atoms with van der Waals surface area (Å²) in [5.74, 6) is -4.83. The maximum Gasteiger partial charge on any atom is 0.338 e. The second kappa shape index (κ2) is 16.1. The number of benzene rings is 3. The van der Waals surface area contributed by atoms with Crippen LogP contribution < -0.4 is 5.32 Å². The Morgan fingerprint density at radius 2 is 1.43 bits per heavy atom. The van der Waals surface area contributed by atoms with Crippen molar-refractivity contribution in [2.24, 2.45) is 22.2 Å². The van der Waals surface area contributed by atoms with Gasteiger partial charge in [-0.25, -0.2) is 9.59 Å². The summed E-state index contributed by atoms with van der Waals surface area (Å²) >= 11 is 0. The Morgan fingerprint density at radius 1 is 0.825 bits per heavy atom. The molecule has 2 bridgehead atoms. The Kier molecular flexibility index (Phi) is 11.3. The summed E-state index contributed by atoms with van der Waals surface area (Å²) in [5.41, 5.74) is -5.67. The lowest BCUT2D eigenvalue weighted by Crippen LogP contribution is -2.78. The van der Waals surface area contributed by atoms with Gasteiger partial charge in [-0.3, -0.25) is 19.7 Å². The summed E-state index contributed by atoms with van der Waals surface area (Å²) < 4.78 is 37.2. The Bertz CT molecular complexity index is 2320. The molecule has 1 spiro atoms. The molecule has 14 heteroatoms. The first-order valence-electron chi connectivity index (χ1n) is 21.3. The van der Waals surface area contributed by atoms with Crippen LogP contribution in [0.25, 0.3) is 0 Å². The van der Waals surface area contributed by atoms with Crippen LogP contribution in [0.3, 0.4) is 0 Å². The fourth-order valence-electron chi connectivity index (χ4n) is 11.6. The van der Waals surface area contributed by atoms with Crippen molar-refractivity contribution >= 4 is 29.7 Å². The molecule has 0 radical (unpaired) electrons. The van der Waals surface area contributed by atoms with Crippen molar-refractivity contribution in [1.82, 2.24) is 5.32 Å². The SMILES string of the molecule is COC(C(=O)OC1CC2(O)C(OC(=O)c3ccccc3)C3C4(OC(C)=O)COC4CC4(C)CC34C(=O)C(OC(C)=O)C(=C1C)C2(C)C)C(NC(O)c1ccccc1)c1ccccc1. The molecule has 1 saturated heterocycles. The zero-order chi connectivity index (χ0) is 45.3. The fourth-order valence-corrected chi connectivity index (χ4v) is 11.6. The standard InChI is InChI=1S/C49H55NO13/c1-27-33(61-44(56)38(58-7)36(30-17-11-8-12-18-30)50-42(54)31-19-13-9-14-20-31)23-49(57)41(62-43(55)32-21-15-10-16-22-32)39-47(40(53)37(60-28(2)51)35(27)45(49,4)5)25-46(47,6)24-34-48(39,26-59-34)63-29(3)52/h8-22,33-34,36-39,41-42,50,54,57H,23-26H2,1-7H3. The third-order valence-corrected chi connectivity index (χ3v) is 14.8. The lowest BCUT2D eigenvalue weighted by Gasteiger charge is -2.65. The number of aliphatic hydroxyl groups excluding tert-OH is 1. The summed E-state index contributed by atoms with van der Waals surface area (Å²) in [4.78, 5) is 71.1. The number of Topliss-reactive ketones (excluding diaryl/α,β-unsaturated/α-hetero) is 1. The molecule has 63 heavy (non-hydrogen) atoms. The highest BCUT2D eigenvalue weighted by Gasteiger charge is 2.88. The smallest absolute Gasteiger partial charge is 0.338 e. The molecule has 4 aliphatic carbocycles. The topological polar surface area (TPSA) is 193 Å². The molecular weight excluding hydrogens is 811 g/mol. The van der Waals surface area contributed by atoms with E-state index in [1.807, 2.05) is 19.1 Å². The lowest BCUT2D eigenvalue weighted by molar-refractivity contribution is -0.328. The maximum absolute atomic E-state index is 15.8. The number of rotatable bonds is 12. The van der Waals surface area contributed by atoms with E-state index < -0.39 is 106 Å². The van der Waals surface area contributed by atoms with Gasteiger partial charge in [0.2, 0.25) is 0 Å². The van der Waals surface area contributed by atoms with Gasteiger partial charge in [-0.1, -0.05) is 99.6 Å². The minimum Gasteiger partial charge on any atom is -0.456 e. The van der Waals surface area contributed by atoms with E-state index in [-0.39, 0.29) is 30.6 Å². The maximum atomic E-state index is 15.8. The van der Waals surface area contributed by atoms with Crippen LogP contribution in [0.1, 0.15) is 94.6 Å². The number of hydrogen-bond acceptors (Lipinski definition) is 14. The monoisotopic (exact) mass is 865 g/mol. The average Bonchev–Trinajstić information content (AvgIpc) is 3.88. The number of aliphatic hydroxyl groups is 2. The molecule has 0 aromatic heterocycles. The first-order valence-corrected chi connectivity index (χ1v) is 21.3. The first-order chi connectivity index (χ1) is 29.8. The van der Waals surface area contributed by atoms with Crippen molar-refractivity contribution < 1.29 is 62.6 Å². The minimum absolute atomic E-state index is 0.153. The molecule has 3 saturated carbocycles. The third-order valence-electron chi connectivity index (χ3n) is 14.8. The van der Waals surface area contributed by atoms with Crippen LogP contribution in [0.4, 0.5) is 0 Å². The Labute approximate surface area is 366 Å². The van der Waals surface area contributed by atoms with Gasteiger partial charge in [0.05, 0.1) is 24.1 Å². The third kappa shape index (κ3) is 7.01. The normalized spacial score (nSPS) is 33.9. The van der Waals surface area contributed by atoms with E-state index >= 15 is 4.79 Å². The highest BCUT2D eigenvalue weighted by Crippen LogP contribution is 2.80. The molecular formula is C49H55NO13. The molecule has 1 aliphatic heterocycles. The van der Waals surface area contributed by atoms with Gasteiger partial charge in [-0.2, -0.15) is 0 Å². The van der Waals surface area contributed by atoms with E-state index in [0.717, 1.165) is 0 Å². The molecule has 4 fully saturated rings. The second-order valence-corrected chi connectivity index (χ2v) is 18.6. The Balaban J connectivity index is 1.28. The van der Waals surface area contributed by atoms with E-state index in [1.54, 1.807) is 99.6 Å². The van der Waals surface area contributed by atoms with E-state index in [2.05, 4.69) is 5.32 Å². The Hall–Kier alpha value is -5.25. The van der Waals surface area contributed by atoms with Crippen molar-refractivity contribution in [3.8, 4) is 0 Å². The fraction of sp³-hybridized carbons (Fsp3) is 0.490. The molecule has 0 amide bonds. The number of nitrogens with one attached hydrogen (secondary N) is 1. The van der Waals surface area contributed by atoms with Crippen molar-refractivity contribution in [2.75, 3.05) is 13.7 Å². The van der Waals surface area contributed by atoms with Crippen LogP contribution in [0.15, 0.2) is 102 Å². The molecule has 3 N–H and O–H groups in total. The number of ether oxygens (including phenoxy) is 6. The number of carbonyl (C=O) groups excluding carboxylic acids is 5. The number of esters is 4. The predicted molar refractivity (Wildman–Crippen MR) is 224 cm³/mol.